The molecule has 2 heterocycles. The van der Waals surface area contributed by atoms with Crippen molar-refractivity contribution < 1.29 is 14.4 Å². The van der Waals surface area contributed by atoms with Gasteiger partial charge in [0.1, 0.15) is 0 Å². The molecule has 1 fully saturated rings. The molecule has 0 bridgehead atoms. The van der Waals surface area contributed by atoms with E-state index in [1.165, 1.54) is 0 Å². The van der Waals surface area contributed by atoms with Crippen molar-refractivity contribution in [2.45, 2.75) is 31.5 Å². The zero-order chi connectivity index (χ0) is 15.5. The minimum Gasteiger partial charge on any atom is -0.382 e. The second-order valence-corrected chi connectivity index (χ2v) is 6.16. The molecule has 2 aliphatic rings. The first-order valence-electron chi connectivity index (χ1n) is 7.21. The summed E-state index contributed by atoms with van der Waals surface area (Å²) >= 11 is 11.9. The molecule has 2 aliphatic heterocycles. The maximum atomic E-state index is 12.1. The monoisotopic (exact) mass is 342 g/mol. The fourth-order valence-corrected chi connectivity index (χ4v) is 2.80. The Morgan fingerprint density at radius 2 is 2.23 bits per heavy atom. The highest BCUT2D eigenvalue weighted by molar-refractivity contribution is 6.42. The number of hydrogen-bond donors (Lipinski definition) is 1. The molecule has 1 amide bonds. The molecule has 7 heteroatoms. The number of nitrogens with one attached hydrogen (secondary N) is 1. The maximum absolute atomic E-state index is 12.1. The second kappa shape index (κ2) is 6.86. The molecule has 0 aliphatic carbocycles. The lowest BCUT2D eigenvalue weighted by atomic mass is 10.0. The van der Waals surface area contributed by atoms with E-state index in [0.717, 1.165) is 25.0 Å². The smallest absolute Gasteiger partial charge is 0.264 e. The Kier molecular flexibility index (Phi) is 4.86. The molecule has 5 nitrogen and oxygen atoms in total. The summed E-state index contributed by atoms with van der Waals surface area (Å²) in [6.07, 6.45) is 1.95. The van der Waals surface area contributed by atoms with Gasteiger partial charge in [0.2, 0.25) is 6.10 Å². The van der Waals surface area contributed by atoms with E-state index in [-0.39, 0.29) is 12.0 Å². The van der Waals surface area contributed by atoms with Gasteiger partial charge in [-0.05, 0) is 25.0 Å². The number of oxime groups is 1. The van der Waals surface area contributed by atoms with E-state index in [4.69, 9.17) is 32.8 Å². The lowest BCUT2D eigenvalue weighted by molar-refractivity contribution is -0.131. The minimum atomic E-state index is -0.606. The van der Waals surface area contributed by atoms with E-state index >= 15 is 0 Å². The fourth-order valence-electron chi connectivity index (χ4n) is 2.50. The predicted molar refractivity (Wildman–Crippen MR) is 84.5 cm³/mol. The van der Waals surface area contributed by atoms with Gasteiger partial charge in [-0.1, -0.05) is 34.4 Å². The van der Waals surface area contributed by atoms with Crippen molar-refractivity contribution in [3.05, 3.63) is 33.8 Å². The number of benzene rings is 1. The highest BCUT2D eigenvalue weighted by Gasteiger charge is 2.29. The molecule has 1 saturated heterocycles. The number of carbonyl (C=O) groups excluding carboxylic acids is 1. The number of amides is 1. The summed E-state index contributed by atoms with van der Waals surface area (Å²) in [6.45, 7) is 1.28. The molecule has 0 spiro atoms. The summed E-state index contributed by atoms with van der Waals surface area (Å²) in [5.41, 5.74) is 1.50. The number of nitrogens with zero attached hydrogens (tertiary/aromatic N) is 1. The quantitative estimate of drug-likeness (QED) is 0.915. The summed E-state index contributed by atoms with van der Waals surface area (Å²) in [5, 5.41) is 7.77. The summed E-state index contributed by atoms with van der Waals surface area (Å²) in [6, 6.07) is 5.23. The Morgan fingerprint density at radius 1 is 1.36 bits per heavy atom. The highest BCUT2D eigenvalue weighted by Crippen LogP contribution is 2.25. The van der Waals surface area contributed by atoms with Gasteiger partial charge in [-0.25, -0.2) is 0 Å². The van der Waals surface area contributed by atoms with Crippen LogP contribution in [0.2, 0.25) is 10.0 Å². The first-order chi connectivity index (χ1) is 10.6. The minimum absolute atomic E-state index is 0.112. The van der Waals surface area contributed by atoms with Crippen LogP contribution in [0.1, 0.15) is 24.8 Å². The zero-order valence-corrected chi connectivity index (χ0v) is 13.4. The van der Waals surface area contributed by atoms with E-state index < -0.39 is 6.10 Å². The van der Waals surface area contributed by atoms with Crippen molar-refractivity contribution in [3.8, 4) is 0 Å². The van der Waals surface area contributed by atoms with Gasteiger partial charge in [0.05, 0.1) is 21.9 Å². The topological polar surface area (TPSA) is 59.9 Å². The van der Waals surface area contributed by atoms with E-state index in [2.05, 4.69) is 10.5 Å². The number of ether oxygens (including phenoxy) is 1. The van der Waals surface area contributed by atoms with Gasteiger partial charge >= 0.3 is 0 Å². The first kappa shape index (κ1) is 15.6. The summed E-state index contributed by atoms with van der Waals surface area (Å²) in [7, 11) is 0. The van der Waals surface area contributed by atoms with Crippen LogP contribution in [0, 0.1) is 0 Å². The Balaban J connectivity index is 1.54. The third-order valence-electron chi connectivity index (χ3n) is 3.74. The van der Waals surface area contributed by atoms with Crippen molar-refractivity contribution in [1.29, 1.82) is 0 Å². The van der Waals surface area contributed by atoms with Crippen LogP contribution in [0.25, 0.3) is 0 Å². The van der Waals surface area contributed by atoms with Crippen LogP contribution in [-0.2, 0) is 14.4 Å². The van der Waals surface area contributed by atoms with E-state index in [1.54, 1.807) is 12.1 Å². The lowest BCUT2D eigenvalue weighted by Crippen LogP contribution is -2.39. The molecule has 22 heavy (non-hydrogen) atoms. The van der Waals surface area contributed by atoms with Crippen LogP contribution in [0.3, 0.4) is 0 Å². The second-order valence-electron chi connectivity index (χ2n) is 5.35. The number of rotatable bonds is 4. The summed E-state index contributed by atoms with van der Waals surface area (Å²) in [4.78, 5) is 17.3. The predicted octanol–water partition coefficient (Wildman–Crippen LogP) is 2.78. The van der Waals surface area contributed by atoms with Crippen molar-refractivity contribution in [3.63, 3.8) is 0 Å². The molecular formula is C15H16Cl2N2O3. The third kappa shape index (κ3) is 3.54. The molecule has 1 N–H and O–H groups in total. The average Bonchev–Trinajstić information content (AvgIpc) is 3.18. The van der Waals surface area contributed by atoms with Crippen molar-refractivity contribution in [2.75, 3.05) is 13.2 Å². The van der Waals surface area contributed by atoms with E-state index in [1.807, 2.05) is 6.07 Å². The molecule has 0 saturated carbocycles. The molecule has 0 radical (unpaired) electrons. The van der Waals surface area contributed by atoms with Gasteiger partial charge in [0, 0.05) is 25.1 Å². The van der Waals surface area contributed by atoms with Crippen LogP contribution in [0.15, 0.2) is 23.4 Å². The SMILES string of the molecule is O=C(NC[C@@H]1CCCO1)[C@H]1CC(c2ccc(Cl)c(Cl)c2)=NO1. The number of halogens is 2. The van der Waals surface area contributed by atoms with Gasteiger partial charge in [0.25, 0.3) is 5.91 Å². The Bertz CT molecular complexity index is 600. The molecule has 118 valence electrons. The number of carbonyl (C=O) groups is 1. The molecule has 3 rings (SSSR count). The Morgan fingerprint density at radius 3 is 2.95 bits per heavy atom. The van der Waals surface area contributed by atoms with Crippen LogP contribution in [-0.4, -0.2) is 37.0 Å². The van der Waals surface area contributed by atoms with Gasteiger partial charge in [-0.3, -0.25) is 4.79 Å². The summed E-state index contributed by atoms with van der Waals surface area (Å²) in [5.74, 6) is -0.172. The van der Waals surface area contributed by atoms with Crippen molar-refractivity contribution in [1.82, 2.24) is 5.32 Å². The van der Waals surface area contributed by atoms with Gasteiger partial charge in [0.15, 0.2) is 0 Å². The molecule has 1 aromatic rings. The largest absolute Gasteiger partial charge is 0.382 e. The van der Waals surface area contributed by atoms with Crippen LogP contribution >= 0.6 is 23.2 Å². The van der Waals surface area contributed by atoms with E-state index in [9.17, 15) is 4.79 Å². The van der Waals surface area contributed by atoms with Gasteiger partial charge in [-0.2, -0.15) is 0 Å². The molecule has 2 atom stereocenters. The lowest BCUT2D eigenvalue weighted by Gasteiger charge is -2.13. The van der Waals surface area contributed by atoms with Crippen molar-refractivity contribution in [2.24, 2.45) is 5.16 Å². The maximum Gasteiger partial charge on any atom is 0.264 e. The summed E-state index contributed by atoms with van der Waals surface area (Å²) < 4.78 is 5.47. The van der Waals surface area contributed by atoms with Gasteiger partial charge < -0.3 is 14.9 Å². The third-order valence-corrected chi connectivity index (χ3v) is 4.48. The molecule has 0 unspecified atom stereocenters. The average molecular weight is 343 g/mol. The standard InChI is InChI=1S/C15H16Cl2N2O3/c16-11-4-3-9(6-12(11)17)13-7-14(22-19-13)15(20)18-8-10-2-1-5-21-10/h3-4,6,10,14H,1-2,5,7-8H2,(H,18,20)/t10-,14+/m0/s1. The molecule has 1 aromatic carbocycles. The van der Waals surface area contributed by atoms with Crippen molar-refractivity contribution >= 4 is 34.8 Å². The highest BCUT2D eigenvalue weighted by atomic mass is 35.5. The first-order valence-corrected chi connectivity index (χ1v) is 7.96. The molecular weight excluding hydrogens is 327 g/mol. The fraction of sp³-hybridized carbons (Fsp3) is 0.467. The van der Waals surface area contributed by atoms with Crippen LogP contribution in [0.4, 0.5) is 0 Å². The normalized spacial score (nSPS) is 24.0. The molecule has 0 aromatic heterocycles. The Labute approximate surface area is 138 Å². The van der Waals surface area contributed by atoms with Crippen LogP contribution in [0.5, 0.6) is 0 Å². The van der Waals surface area contributed by atoms with Crippen LogP contribution < -0.4 is 5.32 Å². The zero-order valence-electron chi connectivity index (χ0n) is 11.9. The Hall–Kier alpha value is -1.30. The van der Waals surface area contributed by atoms with E-state index in [0.29, 0.717) is 28.7 Å². The van der Waals surface area contributed by atoms with Gasteiger partial charge in [-0.15, -0.1) is 0 Å². The number of hydrogen-bond acceptors (Lipinski definition) is 4.